The molecule has 4 nitrogen and oxygen atoms in total. The smallest absolute Gasteiger partial charge is 0.406 e. The van der Waals surface area contributed by atoms with E-state index in [1.165, 1.54) is 13.8 Å². The Morgan fingerprint density at radius 1 is 1.25 bits per heavy atom. The molecule has 0 rings (SSSR count). The average molecular weight is 241 g/mol. The number of amides is 1. The van der Waals surface area contributed by atoms with Gasteiger partial charge in [0.2, 0.25) is 5.91 Å². The molecule has 0 unspecified atom stereocenters. The highest BCUT2D eigenvalue weighted by Crippen LogP contribution is 2.18. The Bertz CT molecular complexity index is 263. The van der Waals surface area contributed by atoms with Gasteiger partial charge >= 0.3 is 12.1 Å². The maximum atomic E-state index is 12.1. The van der Waals surface area contributed by atoms with E-state index in [1.807, 2.05) is 0 Å². The first-order chi connectivity index (χ1) is 7.13. The Balaban J connectivity index is 4.42. The van der Waals surface area contributed by atoms with Crippen molar-refractivity contribution in [3.63, 3.8) is 0 Å². The van der Waals surface area contributed by atoms with E-state index in [4.69, 9.17) is 5.11 Å². The number of rotatable bonds is 5. The van der Waals surface area contributed by atoms with Gasteiger partial charge in [-0.05, 0) is 13.8 Å². The predicted molar refractivity (Wildman–Crippen MR) is 49.8 cm³/mol. The van der Waals surface area contributed by atoms with Crippen molar-refractivity contribution in [2.45, 2.75) is 38.9 Å². The maximum Gasteiger partial charge on any atom is 0.406 e. The Morgan fingerprint density at radius 2 is 1.75 bits per heavy atom. The molecular weight excluding hydrogens is 227 g/mol. The lowest BCUT2D eigenvalue weighted by molar-refractivity contribution is -0.165. The molecule has 1 amide bonds. The van der Waals surface area contributed by atoms with Crippen LogP contribution >= 0.6 is 0 Å². The first-order valence-electron chi connectivity index (χ1n) is 4.71. The zero-order valence-corrected chi connectivity index (χ0v) is 9.04. The molecule has 94 valence electrons. The molecule has 0 aliphatic rings. The fourth-order valence-electron chi connectivity index (χ4n) is 1.11. The van der Waals surface area contributed by atoms with Crippen molar-refractivity contribution in [1.29, 1.82) is 0 Å². The average Bonchev–Trinajstić information content (AvgIpc) is 2.08. The Morgan fingerprint density at radius 3 is 2.06 bits per heavy atom. The van der Waals surface area contributed by atoms with Crippen LogP contribution in [0.3, 0.4) is 0 Å². The van der Waals surface area contributed by atoms with Crippen molar-refractivity contribution in [3.05, 3.63) is 0 Å². The summed E-state index contributed by atoms with van der Waals surface area (Å²) in [6.07, 6.45) is -5.34. The summed E-state index contributed by atoms with van der Waals surface area (Å²) in [6, 6.07) is -0.608. The van der Waals surface area contributed by atoms with Gasteiger partial charge in [0.25, 0.3) is 0 Å². The number of carboxylic acid groups (broad SMARTS) is 1. The summed E-state index contributed by atoms with van der Waals surface area (Å²) in [5, 5.41) is 8.32. The monoisotopic (exact) mass is 241 g/mol. The van der Waals surface area contributed by atoms with Gasteiger partial charge in [-0.3, -0.25) is 9.59 Å². The van der Waals surface area contributed by atoms with Crippen molar-refractivity contribution in [2.75, 3.05) is 6.54 Å². The topological polar surface area (TPSA) is 57.6 Å². The lowest BCUT2D eigenvalue weighted by Gasteiger charge is -2.27. The minimum absolute atomic E-state index is 0.413. The fourth-order valence-corrected chi connectivity index (χ4v) is 1.11. The van der Waals surface area contributed by atoms with Crippen LogP contribution in [0.5, 0.6) is 0 Å². The van der Waals surface area contributed by atoms with Crippen LogP contribution in [-0.4, -0.2) is 40.6 Å². The third-order valence-corrected chi connectivity index (χ3v) is 1.85. The number of nitrogens with zero attached hydrogens (tertiary/aromatic N) is 1. The fraction of sp³-hybridized carbons (Fsp3) is 0.778. The highest BCUT2D eigenvalue weighted by Gasteiger charge is 2.34. The maximum absolute atomic E-state index is 12.1. The largest absolute Gasteiger partial charge is 0.481 e. The summed E-state index contributed by atoms with van der Waals surface area (Å²) in [7, 11) is 0. The molecule has 16 heavy (non-hydrogen) atoms. The Hall–Kier alpha value is -1.27. The van der Waals surface area contributed by atoms with E-state index in [1.54, 1.807) is 0 Å². The molecule has 0 spiro atoms. The zero-order chi connectivity index (χ0) is 12.9. The summed E-state index contributed by atoms with van der Waals surface area (Å²) in [5.41, 5.74) is 0. The second-order valence-corrected chi connectivity index (χ2v) is 3.62. The summed E-state index contributed by atoms with van der Waals surface area (Å²) < 4.78 is 36.3. The van der Waals surface area contributed by atoms with Crippen LogP contribution in [0.15, 0.2) is 0 Å². The van der Waals surface area contributed by atoms with Gasteiger partial charge < -0.3 is 10.0 Å². The van der Waals surface area contributed by atoms with Gasteiger partial charge in [0, 0.05) is 12.5 Å². The summed E-state index contributed by atoms with van der Waals surface area (Å²) in [4.78, 5) is 22.1. The molecule has 0 saturated heterocycles. The highest BCUT2D eigenvalue weighted by atomic mass is 19.4. The Kier molecular flexibility index (Phi) is 5.26. The van der Waals surface area contributed by atoms with Crippen LogP contribution in [0.25, 0.3) is 0 Å². The zero-order valence-electron chi connectivity index (χ0n) is 9.04. The third kappa shape index (κ3) is 6.26. The van der Waals surface area contributed by atoms with E-state index < -0.39 is 43.5 Å². The number of alkyl halides is 3. The van der Waals surface area contributed by atoms with Gasteiger partial charge in [-0.15, -0.1) is 0 Å². The highest BCUT2D eigenvalue weighted by molar-refractivity contribution is 5.80. The number of carbonyl (C=O) groups is 2. The summed E-state index contributed by atoms with van der Waals surface area (Å²) in [5.74, 6) is -2.00. The van der Waals surface area contributed by atoms with E-state index in [-0.39, 0.29) is 0 Å². The minimum atomic E-state index is -4.47. The van der Waals surface area contributed by atoms with Gasteiger partial charge in [0.15, 0.2) is 0 Å². The number of hydrogen-bond donors (Lipinski definition) is 1. The van der Waals surface area contributed by atoms with Crippen molar-refractivity contribution < 1.29 is 27.9 Å². The molecular formula is C9H14F3NO3. The molecule has 1 N–H and O–H groups in total. The first kappa shape index (κ1) is 14.7. The summed E-state index contributed by atoms with van der Waals surface area (Å²) in [6.45, 7) is 1.55. The van der Waals surface area contributed by atoms with Crippen molar-refractivity contribution >= 4 is 11.9 Å². The third-order valence-electron chi connectivity index (χ3n) is 1.85. The summed E-state index contributed by atoms with van der Waals surface area (Å²) >= 11 is 0. The van der Waals surface area contributed by atoms with Crippen LogP contribution in [-0.2, 0) is 9.59 Å². The van der Waals surface area contributed by atoms with Crippen LogP contribution in [0.2, 0.25) is 0 Å². The lowest BCUT2D eigenvalue weighted by atomic mass is 10.2. The van der Waals surface area contributed by atoms with Gasteiger partial charge in [-0.25, -0.2) is 0 Å². The van der Waals surface area contributed by atoms with Gasteiger partial charge in [0.05, 0.1) is 6.42 Å². The normalized spacial score (nSPS) is 11.6. The minimum Gasteiger partial charge on any atom is -0.481 e. The molecule has 7 heteroatoms. The van der Waals surface area contributed by atoms with E-state index in [2.05, 4.69) is 0 Å². The van der Waals surface area contributed by atoms with E-state index >= 15 is 0 Å². The lowest BCUT2D eigenvalue weighted by Crippen LogP contribution is -2.43. The van der Waals surface area contributed by atoms with Gasteiger partial charge in [0.1, 0.15) is 6.54 Å². The van der Waals surface area contributed by atoms with E-state index in [0.29, 0.717) is 4.90 Å². The molecule has 0 aliphatic heterocycles. The van der Waals surface area contributed by atoms with Crippen LogP contribution in [0, 0.1) is 0 Å². The van der Waals surface area contributed by atoms with Gasteiger partial charge in [-0.2, -0.15) is 13.2 Å². The molecule has 0 aromatic heterocycles. The van der Waals surface area contributed by atoms with Crippen molar-refractivity contribution in [1.82, 2.24) is 4.90 Å². The van der Waals surface area contributed by atoms with Gasteiger partial charge in [-0.1, -0.05) is 0 Å². The quantitative estimate of drug-likeness (QED) is 0.796. The van der Waals surface area contributed by atoms with Crippen LogP contribution in [0.1, 0.15) is 26.7 Å². The second kappa shape index (κ2) is 5.72. The number of hydrogen-bond acceptors (Lipinski definition) is 2. The molecule has 0 saturated carbocycles. The van der Waals surface area contributed by atoms with Crippen molar-refractivity contribution in [3.8, 4) is 0 Å². The number of aliphatic carboxylic acids is 1. The molecule has 0 fully saturated rings. The van der Waals surface area contributed by atoms with Crippen molar-refractivity contribution in [2.24, 2.45) is 0 Å². The molecule has 0 aliphatic carbocycles. The number of halogens is 3. The molecule has 0 bridgehead atoms. The number of carboxylic acids is 1. The standard InChI is InChI=1S/C9H14F3NO3/c1-6(2)13(5-9(10,11)12)7(14)3-4-8(15)16/h6H,3-5H2,1-2H3,(H,15,16). The van der Waals surface area contributed by atoms with Crippen LogP contribution in [0.4, 0.5) is 13.2 Å². The first-order valence-corrected chi connectivity index (χ1v) is 4.71. The SMILES string of the molecule is CC(C)N(CC(F)(F)F)C(=O)CCC(=O)O. The molecule has 0 heterocycles. The van der Waals surface area contributed by atoms with E-state index in [9.17, 15) is 22.8 Å². The Labute approximate surface area is 91.0 Å². The van der Waals surface area contributed by atoms with E-state index in [0.717, 1.165) is 0 Å². The predicted octanol–water partition coefficient (Wildman–Crippen LogP) is 1.65. The molecule has 0 aromatic carbocycles. The number of carbonyl (C=O) groups excluding carboxylic acids is 1. The molecule has 0 aromatic rings. The molecule has 0 radical (unpaired) electrons. The van der Waals surface area contributed by atoms with Crippen LogP contribution < -0.4 is 0 Å². The molecule has 0 atom stereocenters. The second-order valence-electron chi connectivity index (χ2n) is 3.62.